The van der Waals surface area contributed by atoms with Crippen LogP contribution in [0.15, 0.2) is 24.3 Å². The summed E-state index contributed by atoms with van der Waals surface area (Å²) < 4.78 is 1.12. The summed E-state index contributed by atoms with van der Waals surface area (Å²) in [6.45, 7) is 2.10. The van der Waals surface area contributed by atoms with Crippen LogP contribution in [-0.4, -0.2) is 26.5 Å². The van der Waals surface area contributed by atoms with Crippen molar-refractivity contribution in [3.05, 3.63) is 34.7 Å². The summed E-state index contributed by atoms with van der Waals surface area (Å²) in [6.07, 6.45) is 1.86. The average Bonchev–Trinajstić information content (AvgIpc) is 3.07. The fourth-order valence-electron chi connectivity index (χ4n) is 2.15. The number of anilines is 1. The third kappa shape index (κ3) is 2.27. The Morgan fingerprint density at radius 1 is 1.40 bits per heavy atom. The molecule has 0 fully saturated rings. The van der Waals surface area contributed by atoms with Crippen molar-refractivity contribution in [2.24, 2.45) is 0 Å². The third-order valence-electron chi connectivity index (χ3n) is 2.98. The molecule has 3 rings (SSSR count). The number of nitrogens with zero attached hydrogens (tertiary/aromatic N) is 3. The van der Waals surface area contributed by atoms with Gasteiger partial charge >= 0.3 is 0 Å². The van der Waals surface area contributed by atoms with Gasteiger partial charge in [-0.15, -0.1) is 16.4 Å². The van der Waals surface area contributed by atoms with Crippen molar-refractivity contribution in [1.82, 2.24) is 20.6 Å². The molecule has 2 heterocycles. The van der Waals surface area contributed by atoms with Crippen LogP contribution >= 0.6 is 11.3 Å². The summed E-state index contributed by atoms with van der Waals surface area (Å²) in [7, 11) is 0. The number of thiophene rings is 1. The first-order valence-corrected chi connectivity index (χ1v) is 7.16. The Kier molecular flexibility index (Phi) is 3.42. The Labute approximate surface area is 119 Å². The summed E-state index contributed by atoms with van der Waals surface area (Å²) in [4.78, 5) is 13.1. The van der Waals surface area contributed by atoms with Gasteiger partial charge in [0.25, 0.3) is 11.9 Å². The van der Waals surface area contributed by atoms with Gasteiger partial charge in [-0.25, -0.2) is 0 Å². The Bertz CT molecular complexity index is 734. The maximum Gasteiger partial charge on any atom is 0.270 e. The Morgan fingerprint density at radius 2 is 2.25 bits per heavy atom. The van der Waals surface area contributed by atoms with Crippen molar-refractivity contribution in [3.63, 3.8) is 0 Å². The van der Waals surface area contributed by atoms with E-state index in [1.54, 1.807) is 0 Å². The van der Waals surface area contributed by atoms with Gasteiger partial charge in [-0.3, -0.25) is 10.1 Å². The molecule has 0 spiro atoms. The minimum absolute atomic E-state index is 0.184. The molecule has 1 aromatic carbocycles. The zero-order valence-corrected chi connectivity index (χ0v) is 11.7. The van der Waals surface area contributed by atoms with Crippen LogP contribution in [0.5, 0.6) is 0 Å². The van der Waals surface area contributed by atoms with Crippen LogP contribution in [0, 0.1) is 0 Å². The van der Waals surface area contributed by atoms with Crippen molar-refractivity contribution in [2.75, 3.05) is 5.32 Å². The maximum atomic E-state index is 12.4. The molecule has 102 valence electrons. The summed E-state index contributed by atoms with van der Waals surface area (Å²) in [6, 6.07) is 8.07. The predicted molar refractivity (Wildman–Crippen MR) is 78.0 cm³/mol. The summed E-state index contributed by atoms with van der Waals surface area (Å²) in [5, 5.41) is 17.0. The number of aromatic amines is 1. The normalized spacial score (nSPS) is 10.8. The van der Waals surface area contributed by atoms with Crippen LogP contribution < -0.4 is 5.32 Å². The molecule has 0 aliphatic rings. The smallest absolute Gasteiger partial charge is 0.270 e. The highest BCUT2D eigenvalue weighted by molar-refractivity contribution is 7.21. The zero-order chi connectivity index (χ0) is 13.9. The van der Waals surface area contributed by atoms with Crippen LogP contribution in [0.2, 0.25) is 0 Å². The molecule has 20 heavy (non-hydrogen) atoms. The van der Waals surface area contributed by atoms with E-state index in [9.17, 15) is 4.79 Å². The molecule has 0 bridgehead atoms. The van der Waals surface area contributed by atoms with E-state index in [1.165, 1.54) is 11.3 Å². The quantitative estimate of drug-likeness (QED) is 0.772. The fourth-order valence-corrected chi connectivity index (χ4v) is 3.30. The molecule has 0 aliphatic heterocycles. The van der Waals surface area contributed by atoms with E-state index in [1.807, 2.05) is 18.2 Å². The molecular formula is C13H13N5OS. The minimum atomic E-state index is -0.184. The van der Waals surface area contributed by atoms with E-state index in [0.717, 1.165) is 33.4 Å². The van der Waals surface area contributed by atoms with E-state index in [-0.39, 0.29) is 11.9 Å². The number of carbonyl (C=O) groups excluding carboxylic acids is 1. The van der Waals surface area contributed by atoms with E-state index in [0.29, 0.717) is 0 Å². The van der Waals surface area contributed by atoms with Crippen LogP contribution in [-0.2, 0) is 6.42 Å². The molecule has 6 nitrogen and oxygen atoms in total. The second-order valence-electron chi connectivity index (χ2n) is 4.35. The molecule has 0 saturated carbocycles. The molecule has 1 amide bonds. The van der Waals surface area contributed by atoms with Gasteiger partial charge in [0.05, 0.1) is 4.88 Å². The van der Waals surface area contributed by atoms with Crippen molar-refractivity contribution in [1.29, 1.82) is 0 Å². The molecule has 2 aromatic heterocycles. The van der Waals surface area contributed by atoms with Crippen molar-refractivity contribution >= 4 is 33.3 Å². The summed E-state index contributed by atoms with van der Waals surface area (Å²) in [5.41, 5.74) is 1.09. The highest BCUT2D eigenvalue weighted by atomic mass is 32.1. The molecule has 2 N–H and O–H groups in total. The number of tetrazole rings is 1. The molecule has 0 aliphatic carbocycles. The van der Waals surface area contributed by atoms with E-state index < -0.39 is 0 Å². The van der Waals surface area contributed by atoms with Gasteiger partial charge in [-0.2, -0.15) is 5.21 Å². The number of rotatable bonds is 4. The van der Waals surface area contributed by atoms with Gasteiger partial charge in [-0.1, -0.05) is 36.6 Å². The van der Waals surface area contributed by atoms with Gasteiger partial charge in [0.1, 0.15) is 0 Å². The van der Waals surface area contributed by atoms with Crippen LogP contribution in [0.25, 0.3) is 10.1 Å². The van der Waals surface area contributed by atoms with Gasteiger partial charge in [-0.05, 0) is 28.7 Å². The lowest BCUT2D eigenvalue weighted by Crippen LogP contribution is -2.13. The van der Waals surface area contributed by atoms with E-state index in [2.05, 4.69) is 38.9 Å². The SMILES string of the molecule is CCCc1c(C(=O)Nc2nn[nH]n2)sc2ccccc12. The Morgan fingerprint density at radius 3 is 3.00 bits per heavy atom. The fraction of sp³-hybridized carbons (Fsp3) is 0.231. The largest absolute Gasteiger partial charge is 0.287 e. The number of H-pyrrole nitrogens is 1. The van der Waals surface area contributed by atoms with Crippen molar-refractivity contribution in [2.45, 2.75) is 19.8 Å². The standard InChI is InChI=1S/C13H13N5OS/c1-2-5-9-8-6-3-4-7-10(8)20-11(9)12(19)14-13-15-17-18-16-13/h3-4,6-7H,2,5H2,1H3,(H2,14,15,16,17,18,19). The predicted octanol–water partition coefficient (Wildman–Crippen LogP) is 2.62. The molecule has 3 aromatic rings. The van der Waals surface area contributed by atoms with Gasteiger partial charge in [0.15, 0.2) is 0 Å². The van der Waals surface area contributed by atoms with E-state index >= 15 is 0 Å². The molecular weight excluding hydrogens is 274 g/mol. The number of nitrogens with one attached hydrogen (secondary N) is 2. The highest BCUT2D eigenvalue weighted by Gasteiger charge is 2.18. The zero-order valence-electron chi connectivity index (χ0n) is 10.9. The molecule has 0 saturated heterocycles. The summed E-state index contributed by atoms with van der Waals surface area (Å²) in [5.74, 6) is 0.00551. The Balaban J connectivity index is 2.01. The minimum Gasteiger partial charge on any atom is -0.287 e. The van der Waals surface area contributed by atoms with Gasteiger partial charge in [0.2, 0.25) is 0 Å². The topological polar surface area (TPSA) is 83.6 Å². The number of aryl methyl sites for hydroxylation is 1. The van der Waals surface area contributed by atoms with Gasteiger partial charge < -0.3 is 0 Å². The first kappa shape index (κ1) is 12.7. The highest BCUT2D eigenvalue weighted by Crippen LogP contribution is 2.32. The van der Waals surface area contributed by atoms with E-state index in [4.69, 9.17) is 0 Å². The number of benzene rings is 1. The van der Waals surface area contributed by atoms with Crippen LogP contribution in [0.3, 0.4) is 0 Å². The molecule has 7 heteroatoms. The lowest BCUT2D eigenvalue weighted by atomic mass is 10.1. The lowest BCUT2D eigenvalue weighted by Gasteiger charge is -2.02. The molecule has 0 unspecified atom stereocenters. The number of carbonyl (C=O) groups is 1. The maximum absolute atomic E-state index is 12.4. The lowest BCUT2D eigenvalue weighted by molar-refractivity contribution is 0.102. The number of amides is 1. The molecule has 0 atom stereocenters. The first-order valence-electron chi connectivity index (χ1n) is 6.34. The third-order valence-corrected chi connectivity index (χ3v) is 4.19. The monoisotopic (exact) mass is 287 g/mol. The van der Waals surface area contributed by atoms with Crippen LogP contribution in [0.1, 0.15) is 28.6 Å². The van der Waals surface area contributed by atoms with Crippen LogP contribution in [0.4, 0.5) is 5.95 Å². The number of aromatic nitrogens is 4. The number of hydrogen-bond acceptors (Lipinski definition) is 5. The second-order valence-corrected chi connectivity index (χ2v) is 5.40. The van der Waals surface area contributed by atoms with Crippen molar-refractivity contribution in [3.8, 4) is 0 Å². The molecule has 0 radical (unpaired) electrons. The van der Waals surface area contributed by atoms with Gasteiger partial charge in [0, 0.05) is 4.70 Å². The number of hydrogen-bond donors (Lipinski definition) is 2. The summed E-state index contributed by atoms with van der Waals surface area (Å²) >= 11 is 1.50. The first-order chi connectivity index (χ1) is 9.79. The Hall–Kier alpha value is -2.28. The average molecular weight is 287 g/mol. The van der Waals surface area contributed by atoms with Crippen molar-refractivity contribution < 1.29 is 4.79 Å². The second kappa shape index (κ2) is 5.38. The number of fused-ring (bicyclic) bond motifs is 1.